The van der Waals surface area contributed by atoms with Crippen LogP contribution in [0.4, 0.5) is 0 Å². The number of rotatable bonds is 3. The van der Waals surface area contributed by atoms with Gasteiger partial charge in [-0.3, -0.25) is 4.68 Å². The van der Waals surface area contributed by atoms with Crippen LogP contribution < -0.4 is 0 Å². The normalized spacial score (nSPS) is 13.4. The molecule has 0 fully saturated rings. The molecule has 3 nitrogen and oxygen atoms in total. The topological polar surface area (TPSA) is 30.7 Å². The number of hydrogen-bond acceptors (Lipinski definition) is 2. The molecular weight excluding hydrogens is 253 g/mol. The maximum atomic E-state index is 4.00. The molecule has 0 aromatic carbocycles. The minimum absolute atomic E-state index is 0.610. The molecule has 0 aliphatic heterocycles. The zero-order valence-electron chi connectivity index (χ0n) is 6.79. The van der Waals surface area contributed by atoms with Gasteiger partial charge in [0, 0.05) is 10.1 Å². The minimum Gasteiger partial charge on any atom is -0.251 e. The molecule has 0 saturated carbocycles. The standard InChI is InChI=1S/C7H12IN3/c1-3-7-5-11(10-9-7)4-6(2)8/h5-6H,3-4H2,1-2H3. The summed E-state index contributed by atoms with van der Waals surface area (Å²) in [5.74, 6) is 0. The molecule has 1 heterocycles. The van der Waals surface area contributed by atoms with E-state index in [0.717, 1.165) is 18.7 Å². The van der Waals surface area contributed by atoms with Crippen molar-refractivity contribution < 1.29 is 0 Å². The zero-order valence-corrected chi connectivity index (χ0v) is 8.95. The number of aromatic nitrogens is 3. The fourth-order valence-electron chi connectivity index (χ4n) is 0.848. The number of aryl methyl sites for hydroxylation is 1. The Morgan fingerprint density at radius 2 is 2.45 bits per heavy atom. The Morgan fingerprint density at radius 3 is 2.91 bits per heavy atom. The number of hydrogen-bond donors (Lipinski definition) is 0. The lowest BCUT2D eigenvalue weighted by atomic mass is 10.4. The molecule has 0 radical (unpaired) electrons. The number of alkyl halides is 1. The summed E-state index contributed by atoms with van der Waals surface area (Å²) in [7, 11) is 0. The summed E-state index contributed by atoms with van der Waals surface area (Å²) in [5.41, 5.74) is 1.07. The Kier molecular flexibility index (Phi) is 3.29. The molecule has 11 heavy (non-hydrogen) atoms. The largest absolute Gasteiger partial charge is 0.251 e. The van der Waals surface area contributed by atoms with E-state index in [-0.39, 0.29) is 0 Å². The highest BCUT2D eigenvalue weighted by molar-refractivity contribution is 14.1. The van der Waals surface area contributed by atoms with Gasteiger partial charge < -0.3 is 0 Å². The smallest absolute Gasteiger partial charge is 0.0824 e. The fraction of sp³-hybridized carbons (Fsp3) is 0.714. The van der Waals surface area contributed by atoms with Crippen LogP contribution in [0.1, 0.15) is 19.5 Å². The van der Waals surface area contributed by atoms with Crippen LogP contribution in [0.25, 0.3) is 0 Å². The molecule has 1 aromatic rings. The molecule has 0 saturated heterocycles. The van der Waals surface area contributed by atoms with E-state index in [2.05, 4.69) is 46.8 Å². The number of nitrogens with zero attached hydrogens (tertiary/aromatic N) is 3. The molecular formula is C7H12IN3. The molecule has 0 bridgehead atoms. The first kappa shape index (κ1) is 8.96. The summed E-state index contributed by atoms with van der Waals surface area (Å²) in [5, 5.41) is 7.99. The van der Waals surface area contributed by atoms with E-state index in [1.54, 1.807) is 0 Å². The quantitative estimate of drug-likeness (QED) is 0.614. The molecule has 0 aliphatic rings. The van der Waals surface area contributed by atoms with Crippen LogP contribution in [0.5, 0.6) is 0 Å². The van der Waals surface area contributed by atoms with Crippen molar-refractivity contribution >= 4 is 22.6 Å². The van der Waals surface area contributed by atoms with E-state index in [0.29, 0.717) is 3.92 Å². The van der Waals surface area contributed by atoms with Crippen molar-refractivity contribution in [1.29, 1.82) is 0 Å². The molecule has 1 atom stereocenters. The molecule has 1 rings (SSSR count). The maximum Gasteiger partial charge on any atom is 0.0824 e. The van der Waals surface area contributed by atoms with Gasteiger partial charge in [0.05, 0.1) is 12.2 Å². The Hall–Kier alpha value is -0.130. The summed E-state index contributed by atoms with van der Waals surface area (Å²) < 4.78 is 2.51. The highest BCUT2D eigenvalue weighted by atomic mass is 127. The first-order valence-electron chi connectivity index (χ1n) is 3.75. The summed E-state index contributed by atoms with van der Waals surface area (Å²) in [6.07, 6.45) is 2.98. The van der Waals surface area contributed by atoms with E-state index in [4.69, 9.17) is 0 Å². The van der Waals surface area contributed by atoms with E-state index >= 15 is 0 Å². The van der Waals surface area contributed by atoms with Gasteiger partial charge in [-0.15, -0.1) is 5.10 Å². The van der Waals surface area contributed by atoms with Crippen molar-refractivity contribution in [3.8, 4) is 0 Å². The highest BCUT2D eigenvalue weighted by Crippen LogP contribution is 2.02. The second-order valence-electron chi connectivity index (χ2n) is 2.57. The highest BCUT2D eigenvalue weighted by Gasteiger charge is 2.00. The number of halogens is 1. The molecule has 4 heteroatoms. The molecule has 1 unspecified atom stereocenters. The van der Waals surface area contributed by atoms with Gasteiger partial charge in [0.2, 0.25) is 0 Å². The summed E-state index contributed by atoms with van der Waals surface area (Å²) in [6.45, 7) is 5.20. The first-order chi connectivity index (χ1) is 5.22. The van der Waals surface area contributed by atoms with Crippen molar-refractivity contribution in [3.63, 3.8) is 0 Å². The summed E-state index contributed by atoms with van der Waals surface area (Å²) >= 11 is 2.38. The second-order valence-corrected chi connectivity index (χ2v) is 4.69. The maximum absolute atomic E-state index is 4.00. The van der Waals surface area contributed by atoms with Crippen LogP contribution >= 0.6 is 22.6 Å². The Labute approximate surface area is 80.3 Å². The van der Waals surface area contributed by atoms with Crippen LogP contribution in [0, 0.1) is 0 Å². The summed E-state index contributed by atoms with van der Waals surface area (Å²) in [4.78, 5) is 0. The van der Waals surface area contributed by atoms with Gasteiger partial charge in [-0.25, -0.2) is 0 Å². The third kappa shape index (κ3) is 2.76. The first-order valence-corrected chi connectivity index (χ1v) is 5.00. The van der Waals surface area contributed by atoms with Crippen LogP contribution in [-0.4, -0.2) is 18.9 Å². The van der Waals surface area contributed by atoms with Gasteiger partial charge in [-0.2, -0.15) is 0 Å². The second kappa shape index (κ2) is 4.04. The van der Waals surface area contributed by atoms with Crippen LogP contribution in [0.3, 0.4) is 0 Å². The minimum atomic E-state index is 0.610. The van der Waals surface area contributed by atoms with E-state index in [1.807, 2.05) is 10.9 Å². The van der Waals surface area contributed by atoms with Crippen molar-refractivity contribution in [2.75, 3.05) is 0 Å². The fourth-order valence-corrected chi connectivity index (χ4v) is 1.25. The zero-order chi connectivity index (χ0) is 8.27. The lowest BCUT2D eigenvalue weighted by molar-refractivity contribution is 0.596. The van der Waals surface area contributed by atoms with Gasteiger partial charge in [-0.1, -0.05) is 41.7 Å². The molecule has 0 spiro atoms. The van der Waals surface area contributed by atoms with Crippen LogP contribution in [0.2, 0.25) is 0 Å². The van der Waals surface area contributed by atoms with Gasteiger partial charge in [0.25, 0.3) is 0 Å². The van der Waals surface area contributed by atoms with E-state index < -0.39 is 0 Å². The third-order valence-electron chi connectivity index (χ3n) is 1.39. The Bertz CT molecular complexity index is 219. The van der Waals surface area contributed by atoms with Crippen molar-refractivity contribution in [1.82, 2.24) is 15.0 Å². The molecule has 0 N–H and O–H groups in total. The summed E-state index contributed by atoms with van der Waals surface area (Å²) in [6, 6.07) is 0. The van der Waals surface area contributed by atoms with Crippen molar-refractivity contribution in [2.24, 2.45) is 0 Å². The Morgan fingerprint density at radius 1 is 1.73 bits per heavy atom. The van der Waals surface area contributed by atoms with Crippen LogP contribution in [-0.2, 0) is 13.0 Å². The third-order valence-corrected chi connectivity index (χ3v) is 1.78. The molecule has 62 valence electrons. The van der Waals surface area contributed by atoms with Crippen molar-refractivity contribution in [3.05, 3.63) is 11.9 Å². The van der Waals surface area contributed by atoms with Gasteiger partial charge in [-0.05, 0) is 6.42 Å². The predicted octanol–water partition coefficient (Wildman–Crippen LogP) is 1.66. The Balaban J connectivity index is 2.58. The average molecular weight is 265 g/mol. The molecule has 1 aromatic heterocycles. The molecule has 0 amide bonds. The SMILES string of the molecule is CCc1cn(CC(C)I)nn1. The monoisotopic (exact) mass is 265 g/mol. The lowest BCUT2D eigenvalue weighted by Gasteiger charge is -2.00. The van der Waals surface area contributed by atoms with E-state index in [1.165, 1.54) is 0 Å². The van der Waals surface area contributed by atoms with Crippen LogP contribution in [0.15, 0.2) is 6.20 Å². The van der Waals surface area contributed by atoms with Gasteiger partial charge in [0.1, 0.15) is 0 Å². The predicted molar refractivity (Wildman–Crippen MR) is 52.9 cm³/mol. The molecule has 0 aliphatic carbocycles. The van der Waals surface area contributed by atoms with Gasteiger partial charge >= 0.3 is 0 Å². The van der Waals surface area contributed by atoms with E-state index in [9.17, 15) is 0 Å². The van der Waals surface area contributed by atoms with Crippen molar-refractivity contribution in [2.45, 2.75) is 30.7 Å². The lowest BCUT2D eigenvalue weighted by Crippen LogP contribution is -2.06. The van der Waals surface area contributed by atoms with Gasteiger partial charge in [0.15, 0.2) is 0 Å². The average Bonchev–Trinajstić information content (AvgIpc) is 2.34.